The summed E-state index contributed by atoms with van der Waals surface area (Å²) in [5, 5.41) is 15.4. The Morgan fingerprint density at radius 2 is 2.22 bits per heavy atom. The van der Waals surface area contributed by atoms with Crippen molar-refractivity contribution < 1.29 is 14.7 Å². The first-order valence-corrected chi connectivity index (χ1v) is 6.05. The topological polar surface area (TPSA) is 99.2 Å². The molecule has 0 saturated heterocycles. The molecule has 1 fully saturated rings. The molecule has 0 atom stereocenters. The molecule has 0 aromatic carbocycles. The van der Waals surface area contributed by atoms with Crippen LogP contribution in [0.3, 0.4) is 0 Å². The zero-order chi connectivity index (χ0) is 13.1. The molecule has 1 aromatic rings. The van der Waals surface area contributed by atoms with Crippen molar-refractivity contribution in [2.24, 2.45) is 0 Å². The quantitative estimate of drug-likeness (QED) is 0.773. The normalized spacial score (nSPS) is 14.5. The van der Waals surface area contributed by atoms with Gasteiger partial charge in [-0.3, -0.25) is 14.7 Å². The molecule has 1 amide bonds. The van der Waals surface area contributed by atoms with E-state index in [0.717, 1.165) is 18.7 Å². The van der Waals surface area contributed by atoms with Crippen molar-refractivity contribution >= 4 is 11.9 Å². The van der Waals surface area contributed by atoms with E-state index in [9.17, 15) is 9.59 Å². The molecule has 0 aliphatic heterocycles. The van der Waals surface area contributed by atoms with Gasteiger partial charge in [0.05, 0.1) is 0 Å². The van der Waals surface area contributed by atoms with Gasteiger partial charge in [0.25, 0.3) is 5.91 Å². The first-order valence-electron chi connectivity index (χ1n) is 6.05. The van der Waals surface area contributed by atoms with Crippen LogP contribution in [0, 0.1) is 0 Å². The van der Waals surface area contributed by atoms with Gasteiger partial charge in [0.2, 0.25) is 5.82 Å². The van der Waals surface area contributed by atoms with Crippen molar-refractivity contribution in [2.45, 2.75) is 32.1 Å². The third kappa shape index (κ3) is 2.85. The van der Waals surface area contributed by atoms with Crippen LogP contribution >= 0.6 is 0 Å². The lowest BCUT2D eigenvalue weighted by molar-refractivity contribution is -0.137. The van der Waals surface area contributed by atoms with Gasteiger partial charge in [-0.2, -0.15) is 0 Å². The Hall–Kier alpha value is -1.92. The number of nitrogens with zero attached hydrogens (tertiary/aromatic N) is 3. The largest absolute Gasteiger partial charge is 0.480 e. The zero-order valence-electron chi connectivity index (χ0n) is 10.2. The lowest BCUT2D eigenvalue weighted by Crippen LogP contribution is -2.36. The molecule has 0 spiro atoms. The smallest absolute Gasteiger partial charge is 0.323 e. The summed E-state index contributed by atoms with van der Waals surface area (Å²) >= 11 is 0. The molecule has 0 radical (unpaired) electrons. The molecule has 7 heteroatoms. The molecule has 2 rings (SSSR count). The molecule has 2 N–H and O–H groups in total. The van der Waals surface area contributed by atoms with Gasteiger partial charge in [0.1, 0.15) is 12.4 Å². The monoisotopic (exact) mass is 252 g/mol. The molecule has 98 valence electrons. The number of carboxylic acid groups (broad SMARTS) is 1. The Morgan fingerprint density at radius 1 is 1.50 bits per heavy atom. The number of nitrogens with one attached hydrogen (secondary N) is 1. The molecule has 1 aliphatic carbocycles. The van der Waals surface area contributed by atoms with Crippen molar-refractivity contribution in [1.82, 2.24) is 20.1 Å². The predicted molar refractivity (Wildman–Crippen MR) is 62.2 cm³/mol. The molecule has 7 nitrogen and oxygen atoms in total. The fourth-order valence-electron chi connectivity index (χ4n) is 1.74. The molecule has 1 saturated carbocycles. The first kappa shape index (κ1) is 12.5. The molecular formula is C11H16N4O3. The van der Waals surface area contributed by atoms with Crippen molar-refractivity contribution in [3.8, 4) is 0 Å². The summed E-state index contributed by atoms with van der Waals surface area (Å²) in [6, 6.07) is 0. The number of carboxylic acids is 1. The molecule has 1 aliphatic rings. The summed E-state index contributed by atoms with van der Waals surface area (Å²) in [5.74, 6) is -0.285. The standard InChI is InChI=1S/C11H16N4O3/c1-2-5-15(6-8(16)17)11(18)10-12-9(13-14-10)7-3-4-7/h7H,2-6H2,1H3,(H,16,17)(H,12,13,14). The second-order valence-corrected chi connectivity index (χ2v) is 4.44. The summed E-state index contributed by atoms with van der Waals surface area (Å²) < 4.78 is 0. The lowest BCUT2D eigenvalue weighted by atomic mass is 10.3. The van der Waals surface area contributed by atoms with E-state index >= 15 is 0 Å². The number of hydrogen-bond donors (Lipinski definition) is 2. The molecule has 0 bridgehead atoms. The molecule has 0 unspecified atom stereocenters. The number of aromatic nitrogens is 3. The number of carbonyl (C=O) groups is 2. The van der Waals surface area contributed by atoms with Crippen LogP contribution in [0.15, 0.2) is 0 Å². The van der Waals surface area contributed by atoms with Crippen LogP contribution in [0.25, 0.3) is 0 Å². The summed E-state index contributed by atoms with van der Waals surface area (Å²) in [6.45, 7) is 1.95. The summed E-state index contributed by atoms with van der Waals surface area (Å²) in [7, 11) is 0. The maximum atomic E-state index is 12.0. The van der Waals surface area contributed by atoms with Crippen LogP contribution in [0.2, 0.25) is 0 Å². The highest BCUT2D eigenvalue weighted by atomic mass is 16.4. The van der Waals surface area contributed by atoms with Crippen LogP contribution in [-0.2, 0) is 4.79 Å². The number of aliphatic carboxylic acids is 1. The Kier molecular flexibility index (Phi) is 3.59. The minimum Gasteiger partial charge on any atom is -0.480 e. The second-order valence-electron chi connectivity index (χ2n) is 4.44. The third-order valence-electron chi connectivity index (χ3n) is 2.76. The van der Waals surface area contributed by atoms with Crippen LogP contribution < -0.4 is 0 Å². The highest BCUT2D eigenvalue weighted by Crippen LogP contribution is 2.37. The van der Waals surface area contributed by atoms with Gasteiger partial charge in [-0.1, -0.05) is 6.92 Å². The van der Waals surface area contributed by atoms with Crippen molar-refractivity contribution in [3.05, 3.63) is 11.6 Å². The van der Waals surface area contributed by atoms with Crippen molar-refractivity contribution in [2.75, 3.05) is 13.1 Å². The van der Waals surface area contributed by atoms with E-state index in [1.807, 2.05) is 6.92 Å². The van der Waals surface area contributed by atoms with Gasteiger partial charge in [-0.25, -0.2) is 4.98 Å². The molecule has 18 heavy (non-hydrogen) atoms. The first-order chi connectivity index (χ1) is 8.61. The molecule has 1 heterocycles. The number of H-pyrrole nitrogens is 1. The highest BCUT2D eigenvalue weighted by Gasteiger charge is 2.29. The Bertz CT molecular complexity index is 453. The van der Waals surface area contributed by atoms with Gasteiger partial charge in [-0.05, 0) is 19.3 Å². The van der Waals surface area contributed by atoms with Crippen LogP contribution in [0.4, 0.5) is 0 Å². The number of carbonyl (C=O) groups excluding carboxylic acids is 1. The van der Waals surface area contributed by atoms with E-state index in [-0.39, 0.29) is 12.4 Å². The maximum Gasteiger partial charge on any atom is 0.323 e. The van der Waals surface area contributed by atoms with Crippen LogP contribution in [0.5, 0.6) is 0 Å². The predicted octanol–water partition coefficient (Wildman–Crippen LogP) is 0.619. The molecular weight excluding hydrogens is 236 g/mol. The van der Waals surface area contributed by atoms with Crippen molar-refractivity contribution in [1.29, 1.82) is 0 Å². The van der Waals surface area contributed by atoms with E-state index in [2.05, 4.69) is 15.2 Å². The highest BCUT2D eigenvalue weighted by molar-refractivity contribution is 5.92. The van der Waals surface area contributed by atoms with Gasteiger partial charge < -0.3 is 10.0 Å². The third-order valence-corrected chi connectivity index (χ3v) is 2.76. The van der Waals surface area contributed by atoms with Gasteiger partial charge in [0.15, 0.2) is 0 Å². The van der Waals surface area contributed by atoms with Gasteiger partial charge in [-0.15, -0.1) is 5.10 Å². The minimum absolute atomic E-state index is 0.0617. The van der Waals surface area contributed by atoms with E-state index in [0.29, 0.717) is 18.9 Å². The fraction of sp³-hybridized carbons (Fsp3) is 0.636. The average molecular weight is 252 g/mol. The Morgan fingerprint density at radius 3 is 2.78 bits per heavy atom. The Labute approximate surface area is 104 Å². The molecule has 1 aromatic heterocycles. The van der Waals surface area contributed by atoms with Crippen LogP contribution in [0.1, 0.15) is 48.5 Å². The van der Waals surface area contributed by atoms with Gasteiger partial charge >= 0.3 is 5.97 Å². The lowest BCUT2D eigenvalue weighted by Gasteiger charge is -2.17. The van der Waals surface area contributed by atoms with Gasteiger partial charge in [0, 0.05) is 12.5 Å². The fourth-order valence-corrected chi connectivity index (χ4v) is 1.74. The summed E-state index contributed by atoms with van der Waals surface area (Å²) in [4.78, 5) is 28.1. The average Bonchev–Trinajstić information content (AvgIpc) is 3.05. The number of aromatic amines is 1. The second kappa shape index (κ2) is 5.16. The van der Waals surface area contributed by atoms with Crippen LogP contribution in [-0.4, -0.2) is 50.2 Å². The van der Waals surface area contributed by atoms with E-state index < -0.39 is 11.9 Å². The van der Waals surface area contributed by atoms with Crippen molar-refractivity contribution in [3.63, 3.8) is 0 Å². The minimum atomic E-state index is -1.03. The maximum absolute atomic E-state index is 12.0. The SMILES string of the molecule is CCCN(CC(=O)O)C(=O)c1n[nH]c(C2CC2)n1. The number of hydrogen-bond acceptors (Lipinski definition) is 4. The van der Waals surface area contributed by atoms with E-state index in [4.69, 9.17) is 5.11 Å². The summed E-state index contributed by atoms with van der Waals surface area (Å²) in [6.07, 6.45) is 2.83. The number of rotatable bonds is 6. The number of amides is 1. The Balaban J connectivity index is 2.07. The zero-order valence-corrected chi connectivity index (χ0v) is 10.2. The van der Waals surface area contributed by atoms with E-state index in [1.54, 1.807) is 0 Å². The van der Waals surface area contributed by atoms with E-state index in [1.165, 1.54) is 4.90 Å². The summed E-state index contributed by atoms with van der Waals surface area (Å²) in [5.41, 5.74) is 0.